The minimum Gasteiger partial charge on any atom is -0.392 e. The first-order valence-corrected chi connectivity index (χ1v) is 5.96. The second-order valence-corrected chi connectivity index (χ2v) is 4.13. The van der Waals surface area contributed by atoms with Gasteiger partial charge in [0.25, 0.3) is 0 Å². The van der Waals surface area contributed by atoms with Gasteiger partial charge in [0.2, 0.25) is 0 Å². The molecule has 0 aromatic heterocycles. The molecule has 94 valence electrons. The summed E-state index contributed by atoms with van der Waals surface area (Å²) in [7, 11) is 0. The second kappa shape index (κ2) is 6.17. The summed E-state index contributed by atoms with van der Waals surface area (Å²) >= 11 is 0. The van der Waals surface area contributed by atoms with Crippen LogP contribution in [-0.2, 0) is 13.0 Å². The minimum atomic E-state index is -0.164. The van der Waals surface area contributed by atoms with Crippen LogP contribution in [0.4, 0.5) is 10.1 Å². The first-order chi connectivity index (χ1) is 8.79. The second-order valence-electron chi connectivity index (χ2n) is 4.13. The number of halogens is 1. The molecule has 2 nitrogen and oxygen atoms in total. The quantitative estimate of drug-likeness (QED) is 0.848. The van der Waals surface area contributed by atoms with Gasteiger partial charge in [-0.1, -0.05) is 30.3 Å². The Kier molecular flexibility index (Phi) is 4.31. The van der Waals surface area contributed by atoms with Crippen molar-refractivity contribution in [1.82, 2.24) is 0 Å². The number of benzene rings is 2. The van der Waals surface area contributed by atoms with Gasteiger partial charge in [-0.25, -0.2) is 4.39 Å². The Morgan fingerprint density at radius 3 is 2.67 bits per heavy atom. The Labute approximate surface area is 106 Å². The Hall–Kier alpha value is -1.87. The average molecular weight is 245 g/mol. The van der Waals surface area contributed by atoms with Crippen molar-refractivity contribution in [3.63, 3.8) is 0 Å². The molecule has 0 heterocycles. The van der Waals surface area contributed by atoms with E-state index in [0.717, 1.165) is 11.3 Å². The number of aliphatic hydroxyl groups is 1. The molecule has 2 N–H and O–H groups in total. The third-order valence-corrected chi connectivity index (χ3v) is 2.79. The van der Waals surface area contributed by atoms with Crippen LogP contribution in [-0.4, -0.2) is 11.7 Å². The molecule has 0 atom stereocenters. The summed E-state index contributed by atoms with van der Waals surface area (Å²) in [5.41, 5.74) is 2.52. The van der Waals surface area contributed by atoms with Crippen molar-refractivity contribution in [2.75, 3.05) is 11.9 Å². The fourth-order valence-electron chi connectivity index (χ4n) is 1.82. The summed E-state index contributed by atoms with van der Waals surface area (Å²) in [5.74, 6) is -0.164. The van der Waals surface area contributed by atoms with Gasteiger partial charge < -0.3 is 10.4 Å². The zero-order valence-electron chi connectivity index (χ0n) is 10.1. The Bertz CT molecular complexity index is 513. The molecule has 0 spiro atoms. The fourth-order valence-corrected chi connectivity index (χ4v) is 1.82. The van der Waals surface area contributed by atoms with E-state index in [1.165, 1.54) is 6.07 Å². The zero-order chi connectivity index (χ0) is 12.8. The van der Waals surface area contributed by atoms with Crippen molar-refractivity contribution in [3.8, 4) is 0 Å². The zero-order valence-corrected chi connectivity index (χ0v) is 10.1. The number of nitrogens with one attached hydrogen (secondary N) is 1. The standard InChI is InChI=1S/C15H16FNO/c16-15-7-2-1-5-13(15)8-9-17-14-6-3-4-12(10-14)11-18/h1-7,10,17-18H,8-9,11H2. The molecule has 0 amide bonds. The molecule has 0 radical (unpaired) electrons. The highest BCUT2D eigenvalue weighted by molar-refractivity contribution is 5.45. The summed E-state index contributed by atoms with van der Waals surface area (Å²) in [5, 5.41) is 12.2. The molecule has 3 heteroatoms. The van der Waals surface area contributed by atoms with E-state index in [-0.39, 0.29) is 12.4 Å². The molecule has 0 fully saturated rings. The van der Waals surface area contributed by atoms with Gasteiger partial charge in [-0.2, -0.15) is 0 Å². The summed E-state index contributed by atoms with van der Waals surface area (Å²) < 4.78 is 13.4. The van der Waals surface area contributed by atoms with E-state index in [0.29, 0.717) is 18.5 Å². The van der Waals surface area contributed by atoms with Gasteiger partial charge in [0.05, 0.1) is 6.61 Å². The molecule has 2 aromatic carbocycles. The predicted molar refractivity (Wildman–Crippen MR) is 71.0 cm³/mol. The van der Waals surface area contributed by atoms with Crippen LogP contribution in [0.15, 0.2) is 48.5 Å². The Morgan fingerprint density at radius 1 is 1.06 bits per heavy atom. The molecular weight excluding hydrogens is 229 g/mol. The predicted octanol–water partition coefficient (Wildman–Crippen LogP) is 2.97. The summed E-state index contributed by atoms with van der Waals surface area (Å²) in [4.78, 5) is 0. The molecule has 0 aliphatic carbocycles. The van der Waals surface area contributed by atoms with Gasteiger partial charge >= 0.3 is 0 Å². The molecule has 2 aromatic rings. The van der Waals surface area contributed by atoms with E-state index in [1.54, 1.807) is 12.1 Å². The number of hydrogen-bond donors (Lipinski definition) is 2. The Balaban J connectivity index is 1.90. The fraction of sp³-hybridized carbons (Fsp3) is 0.200. The monoisotopic (exact) mass is 245 g/mol. The normalized spacial score (nSPS) is 10.3. The third-order valence-electron chi connectivity index (χ3n) is 2.79. The molecule has 0 aliphatic heterocycles. The van der Waals surface area contributed by atoms with Crippen LogP contribution in [0.3, 0.4) is 0 Å². The smallest absolute Gasteiger partial charge is 0.126 e. The SMILES string of the molecule is OCc1cccc(NCCc2ccccc2F)c1. The molecular formula is C15H16FNO. The van der Waals surface area contributed by atoms with Crippen molar-refractivity contribution in [2.24, 2.45) is 0 Å². The molecule has 0 saturated carbocycles. The third kappa shape index (κ3) is 3.31. The highest BCUT2D eigenvalue weighted by atomic mass is 19.1. The molecule has 0 unspecified atom stereocenters. The maximum absolute atomic E-state index is 13.4. The van der Waals surface area contributed by atoms with Crippen molar-refractivity contribution >= 4 is 5.69 Å². The van der Waals surface area contributed by atoms with E-state index < -0.39 is 0 Å². The molecule has 0 bridgehead atoms. The van der Waals surface area contributed by atoms with Gasteiger partial charge in [-0.3, -0.25) is 0 Å². The van der Waals surface area contributed by atoms with E-state index in [4.69, 9.17) is 5.11 Å². The van der Waals surface area contributed by atoms with Crippen LogP contribution in [0.1, 0.15) is 11.1 Å². The van der Waals surface area contributed by atoms with Crippen LogP contribution < -0.4 is 5.32 Å². The number of hydrogen-bond acceptors (Lipinski definition) is 2. The first kappa shape index (κ1) is 12.6. The number of anilines is 1. The lowest BCUT2D eigenvalue weighted by atomic mass is 10.1. The van der Waals surface area contributed by atoms with Crippen molar-refractivity contribution < 1.29 is 9.50 Å². The van der Waals surface area contributed by atoms with Crippen LogP contribution in [0, 0.1) is 5.82 Å². The van der Waals surface area contributed by atoms with Gasteiger partial charge in [-0.05, 0) is 35.7 Å². The molecule has 2 rings (SSSR count). The van der Waals surface area contributed by atoms with Crippen LogP contribution in [0.25, 0.3) is 0 Å². The Morgan fingerprint density at radius 2 is 1.89 bits per heavy atom. The van der Waals surface area contributed by atoms with E-state index >= 15 is 0 Å². The minimum absolute atomic E-state index is 0.0306. The maximum Gasteiger partial charge on any atom is 0.126 e. The number of aliphatic hydroxyl groups excluding tert-OH is 1. The van der Waals surface area contributed by atoms with Crippen LogP contribution in [0.5, 0.6) is 0 Å². The first-order valence-electron chi connectivity index (χ1n) is 5.96. The van der Waals surface area contributed by atoms with E-state index in [1.807, 2.05) is 30.3 Å². The van der Waals surface area contributed by atoms with Crippen LogP contribution >= 0.6 is 0 Å². The summed E-state index contributed by atoms with van der Waals surface area (Å²) in [6.07, 6.45) is 0.635. The average Bonchev–Trinajstić information content (AvgIpc) is 2.41. The highest BCUT2D eigenvalue weighted by Gasteiger charge is 2.00. The van der Waals surface area contributed by atoms with Crippen molar-refractivity contribution in [1.29, 1.82) is 0 Å². The van der Waals surface area contributed by atoms with Crippen LogP contribution in [0.2, 0.25) is 0 Å². The lowest BCUT2D eigenvalue weighted by molar-refractivity contribution is 0.282. The molecule has 0 saturated heterocycles. The molecule has 18 heavy (non-hydrogen) atoms. The van der Waals surface area contributed by atoms with Gasteiger partial charge in [0.15, 0.2) is 0 Å². The lowest BCUT2D eigenvalue weighted by Crippen LogP contribution is -2.06. The summed E-state index contributed by atoms with van der Waals surface area (Å²) in [6, 6.07) is 14.4. The molecule has 0 aliphatic rings. The van der Waals surface area contributed by atoms with E-state index in [9.17, 15) is 4.39 Å². The summed E-state index contributed by atoms with van der Waals surface area (Å²) in [6.45, 7) is 0.693. The maximum atomic E-state index is 13.4. The highest BCUT2D eigenvalue weighted by Crippen LogP contribution is 2.12. The lowest BCUT2D eigenvalue weighted by Gasteiger charge is -2.08. The van der Waals surface area contributed by atoms with Gasteiger partial charge in [-0.15, -0.1) is 0 Å². The van der Waals surface area contributed by atoms with E-state index in [2.05, 4.69) is 5.32 Å². The van der Waals surface area contributed by atoms with Gasteiger partial charge in [0.1, 0.15) is 5.82 Å². The number of rotatable bonds is 5. The van der Waals surface area contributed by atoms with Crippen molar-refractivity contribution in [2.45, 2.75) is 13.0 Å². The largest absolute Gasteiger partial charge is 0.392 e. The topological polar surface area (TPSA) is 32.3 Å². The van der Waals surface area contributed by atoms with Gasteiger partial charge in [0, 0.05) is 12.2 Å². The van der Waals surface area contributed by atoms with Crippen molar-refractivity contribution in [3.05, 3.63) is 65.5 Å².